The summed E-state index contributed by atoms with van der Waals surface area (Å²) in [6.45, 7) is 9.36. The zero-order valence-electron chi connectivity index (χ0n) is 14.0. The molecule has 7 nitrogen and oxygen atoms in total. The molecule has 7 heteroatoms. The first-order valence-corrected chi connectivity index (χ1v) is 7.66. The molecule has 1 atom stereocenters. The fourth-order valence-electron chi connectivity index (χ4n) is 2.60. The van der Waals surface area contributed by atoms with Gasteiger partial charge in [-0.05, 0) is 39.8 Å². The number of amides is 1. The maximum Gasteiger partial charge on any atom is 0.410 e. The van der Waals surface area contributed by atoms with Crippen LogP contribution >= 0.6 is 0 Å². The van der Waals surface area contributed by atoms with Gasteiger partial charge in [0.25, 0.3) is 5.69 Å². The highest BCUT2D eigenvalue weighted by atomic mass is 16.6. The molecule has 0 unspecified atom stereocenters. The predicted molar refractivity (Wildman–Crippen MR) is 87.7 cm³/mol. The number of nitro benzene ring substituents is 1. The molecule has 0 bridgehead atoms. The zero-order chi connectivity index (χ0) is 17.2. The number of carbonyl (C=O) groups is 1. The molecule has 23 heavy (non-hydrogen) atoms. The average molecular weight is 321 g/mol. The third kappa shape index (κ3) is 4.34. The first-order chi connectivity index (χ1) is 10.7. The summed E-state index contributed by atoms with van der Waals surface area (Å²) >= 11 is 0. The van der Waals surface area contributed by atoms with Crippen molar-refractivity contribution in [2.45, 2.75) is 39.3 Å². The Kier molecular flexibility index (Phi) is 4.77. The number of benzene rings is 1. The van der Waals surface area contributed by atoms with Gasteiger partial charge in [-0.3, -0.25) is 10.1 Å². The topological polar surface area (TPSA) is 75.9 Å². The number of hydrogen-bond donors (Lipinski definition) is 0. The van der Waals surface area contributed by atoms with E-state index >= 15 is 0 Å². The Morgan fingerprint density at radius 1 is 1.26 bits per heavy atom. The molecule has 1 aliphatic rings. The van der Waals surface area contributed by atoms with Gasteiger partial charge in [0, 0.05) is 43.5 Å². The van der Waals surface area contributed by atoms with E-state index in [0.29, 0.717) is 19.6 Å². The van der Waals surface area contributed by atoms with Crippen molar-refractivity contribution in [1.29, 1.82) is 0 Å². The van der Waals surface area contributed by atoms with E-state index in [1.54, 1.807) is 17.0 Å². The van der Waals surface area contributed by atoms with Crippen LogP contribution in [0.5, 0.6) is 0 Å². The minimum Gasteiger partial charge on any atom is -0.444 e. The number of anilines is 1. The van der Waals surface area contributed by atoms with Gasteiger partial charge in [0.15, 0.2) is 0 Å². The molecule has 1 aromatic rings. The summed E-state index contributed by atoms with van der Waals surface area (Å²) < 4.78 is 5.40. The molecular weight excluding hydrogens is 298 g/mol. The van der Waals surface area contributed by atoms with E-state index in [1.165, 1.54) is 12.1 Å². The lowest BCUT2D eigenvalue weighted by Gasteiger charge is -2.41. The van der Waals surface area contributed by atoms with Gasteiger partial charge < -0.3 is 14.5 Å². The van der Waals surface area contributed by atoms with Crippen LogP contribution in [-0.4, -0.2) is 47.2 Å². The molecule has 126 valence electrons. The van der Waals surface area contributed by atoms with Crippen LogP contribution in [0.25, 0.3) is 0 Å². The number of ether oxygens (including phenoxy) is 1. The van der Waals surface area contributed by atoms with Crippen LogP contribution in [0.2, 0.25) is 0 Å². The van der Waals surface area contributed by atoms with Crippen molar-refractivity contribution in [2.24, 2.45) is 0 Å². The summed E-state index contributed by atoms with van der Waals surface area (Å²) in [5, 5.41) is 10.7. The Morgan fingerprint density at radius 2 is 1.87 bits per heavy atom. The molecule has 2 rings (SSSR count). The second kappa shape index (κ2) is 6.44. The lowest BCUT2D eigenvalue weighted by molar-refractivity contribution is -0.384. The van der Waals surface area contributed by atoms with Crippen LogP contribution in [0.3, 0.4) is 0 Å². The number of non-ortho nitro benzene ring substituents is 1. The van der Waals surface area contributed by atoms with Crippen molar-refractivity contribution in [3.63, 3.8) is 0 Å². The van der Waals surface area contributed by atoms with Crippen molar-refractivity contribution < 1.29 is 14.5 Å². The van der Waals surface area contributed by atoms with E-state index in [-0.39, 0.29) is 17.8 Å². The lowest BCUT2D eigenvalue weighted by atomic mass is 10.1. The number of rotatable bonds is 2. The normalized spacial score (nSPS) is 18.7. The molecule has 0 aliphatic carbocycles. The Morgan fingerprint density at radius 3 is 2.35 bits per heavy atom. The van der Waals surface area contributed by atoms with Crippen molar-refractivity contribution >= 4 is 17.5 Å². The largest absolute Gasteiger partial charge is 0.444 e. The highest BCUT2D eigenvalue weighted by Crippen LogP contribution is 2.24. The number of carbonyl (C=O) groups excluding carboxylic acids is 1. The third-order valence-corrected chi connectivity index (χ3v) is 3.67. The highest BCUT2D eigenvalue weighted by Gasteiger charge is 2.30. The summed E-state index contributed by atoms with van der Waals surface area (Å²) in [5.41, 5.74) is 0.497. The van der Waals surface area contributed by atoms with Gasteiger partial charge in [0.2, 0.25) is 0 Å². The Balaban J connectivity index is 2.01. The highest BCUT2D eigenvalue weighted by molar-refractivity contribution is 5.69. The molecule has 0 radical (unpaired) electrons. The van der Waals surface area contributed by atoms with E-state index in [4.69, 9.17) is 4.74 Å². The minimum atomic E-state index is -0.504. The summed E-state index contributed by atoms with van der Waals surface area (Å²) in [6.07, 6.45) is -0.298. The van der Waals surface area contributed by atoms with Gasteiger partial charge >= 0.3 is 6.09 Å². The Labute approximate surface area is 136 Å². The number of nitrogens with zero attached hydrogens (tertiary/aromatic N) is 3. The monoisotopic (exact) mass is 321 g/mol. The fraction of sp³-hybridized carbons (Fsp3) is 0.562. The van der Waals surface area contributed by atoms with E-state index < -0.39 is 10.5 Å². The molecule has 0 aromatic heterocycles. The van der Waals surface area contributed by atoms with Crippen LogP contribution in [0.15, 0.2) is 24.3 Å². The van der Waals surface area contributed by atoms with Crippen LogP contribution in [0, 0.1) is 10.1 Å². The van der Waals surface area contributed by atoms with Crippen molar-refractivity contribution in [3.8, 4) is 0 Å². The number of hydrogen-bond acceptors (Lipinski definition) is 5. The molecule has 1 saturated heterocycles. The molecular formula is C16H23N3O4. The predicted octanol–water partition coefficient (Wildman–Crippen LogP) is 3.04. The van der Waals surface area contributed by atoms with Crippen molar-refractivity contribution in [1.82, 2.24) is 4.90 Å². The van der Waals surface area contributed by atoms with E-state index in [0.717, 1.165) is 5.69 Å². The molecule has 1 aromatic carbocycles. The van der Waals surface area contributed by atoms with Crippen LogP contribution in [0.4, 0.5) is 16.2 Å². The van der Waals surface area contributed by atoms with Gasteiger partial charge in [0.1, 0.15) is 5.60 Å². The maximum atomic E-state index is 12.1. The standard InChI is InChI=1S/C16H23N3O4/c1-12-11-17(15(20)23-16(2,3)4)9-10-18(12)13-5-7-14(8-6-13)19(21)22/h5-8,12H,9-11H2,1-4H3/t12-/m1/s1. The van der Waals surface area contributed by atoms with E-state index in [2.05, 4.69) is 4.90 Å². The zero-order valence-corrected chi connectivity index (χ0v) is 14.0. The van der Waals surface area contributed by atoms with Gasteiger partial charge in [0.05, 0.1) is 4.92 Å². The third-order valence-electron chi connectivity index (χ3n) is 3.67. The van der Waals surface area contributed by atoms with Gasteiger partial charge in [-0.1, -0.05) is 0 Å². The molecule has 1 fully saturated rings. The summed E-state index contributed by atoms with van der Waals surface area (Å²) in [4.78, 5) is 26.3. The lowest BCUT2D eigenvalue weighted by Crippen LogP contribution is -2.54. The van der Waals surface area contributed by atoms with Crippen LogP contribution in [0.1, 0.15) is 27.7 Å². The quantitative estimate of drug-likeness (QED) is 0.618. The minimum absolute atomic E-state index is 0.0776. The average Bonchev–Trinajstić information content (AvgIpc) is 2.45. The molecule has 0 spiro atoms. The van der Waals surface area contributed by atoms with Gasteiger partial charge in [-0.25, -0.2) is 4.79 Å². The first-order valence-electron chi connectivity index (χ1n) is 7.66. The maximum absolute atomic E-state index is 12.1. The molecule has 0 N–H and O–H groups in total. The van der Waals surface area contributed by atoms with E-state index in [1.807, 2.05) is 27.7 Å². The molecule has 0 saturated carbocycles. The summed E-state index contributed by atoms with van der Waals surface area (Å²) in [7, 11) is 0. The van der Waals surface area contributed by atoms with Crippen molar-refractivity contribution in [2.75, 3.05) is 24.5 Å². The smallest absolute Gasteiger partial charge is 0.410 e. The fourth-order valence-corrected chi connectivity index (χ4v) is 2.60. The second-order valence-corrected chi connectivity index (χ2v) is 6.74. The Hall–Kier alpha value is -2.31. The van der Waals surface area contributed by atoms with Gasteiger partial charge in [-0.15, -0.1) is 0 Å². The molecule has 1 amide bonds. The van der Waals surface area contributed by atoms with Gasteiger partial charge in [-0.2, -0.15) is 0 Å². The summed E-state index contributed by atoms with van der Waals surface area (Å²) in [6, 6.07) is 6.61. The Bertz CT molecular complexity index is 580. The van der Waals surface area contributed by atoms with Crippen molar-refractivity contribution in [3.05, 3.63) is 34.4 Å². The SMILES string of the molecule is C[C@@H]1CN(C(=O)OC(C)(C)C)CCN1c1ccc([N+](=O)[O-])cc1. The molecule has 1 aliphatic heterocycles. The molecule has 1 heterocycles. The summed E-state index contributed by atoms with van der Waals surface area (Å²) in [5.74, 6) is 0. The second-order valence-electron chi connectivity index (χ2n) is 6.74. The van der Waals surface area contributed by atoms with Crippen LogP contribution in [-0.2, 0) is 4.74 Å². The van der Waals surface area contributed by atoms with Crippen LogP contribution < -0.4 is 4.90 Å². The number of piperazine rings is 1. The first kappa shape index (κ1) is 17.1. The number of nitro groups is 1. The van der Waals surface area contributed by atoms with E-state index in [9.17, 15) is 14.9 Å².